The molecule has 1 aromatic heterocycles. The summed E-state index contributed by atoms with van der Waals surface area (Å²) in [7, 11) is 7.38. The molecule has 2 N–H and O–H groups in total. The van der Waals surface area contributed by atoms with E-state index in [4.69, 9.17) is 22.7 Å². The van der Waals surface area contributed by atoms with Crippen molar-refractivity contribution in [3.05, 3.63) is 17.9 Å². The van der Waals surface area contributed by atoms with Gasteiger partial charge >= 0.3 is 0 Å². The Labute approximate surface area is 93.8 Å². The van der Waals surface area contributed by atoms with Gasteiger partial charge in [-0.15, -0.1) is 0 Å². The van der Waals surface area contributed by atoms with Gasteiger partial charge in [0.25, 0.3) is 0 Å². The van der Waals surface area contributed by atoms with Crippen molar-refractivity contribution in [2.45, 2.75) is 6.92 Å². The summed E-state index contributed by atoms with van der Waals surface area (Å²) in [5.74, 6) is 0.414. The fraction of sp³-hybridized carbons (Fsp3) is 0.182. The molecule has 0 unspecified atom stereocenters. The first kappa shape index (κ1) is 10.6. The third kappa shape index (κ3) is 1.36. The summed E-state index contributed by atoms with van der Waals surface area (Å²) in [5.41, 5.74) is 6.95. The number of nitrogens with two attached hydrogens (primary N) is 1. The van der Waals surface area contributed by atoms with Gasteiger partial charge in [-0.25, -0.2) is 0 Å². The largest absolute Gasteiger partial charge is 0.497 e. The number of ether oxygens (including phenoxy) is 1. The quantitative estimate of drug-likeness (QED) is 0.599. The topological polar surface area (TPSA) is 65.5 Å². The van der Waals surface area contributed by atoms with Gasteiger partial charge in [0.1, 0.15) is 19.2 Å². The summed E-state index contributed by atoms with van der Waals surface area (Å²) < 4.78 is 10.4. The van der Waals surface area contributed by atoms with Crippen LogP contribution in [-0.4, -0.2) is 20.7 Å². The lowest BCUT2D eigenvalue weighted by molar-refractivity contribution is 0.0990. The summed E-state index contributed by atoms with van der Waals surface area (Å²) in [6, 6.07) is 3.35. The third-order valence-electron chi connectivity index (χ3n) is 2.43. The van der Waals surface area contributed by atoms with Gasteiger partial charge in [0.15, 0.2) is 11.5 Å². The highest BCUT2D eigenvalue weighted by atomic mass is 16.5. The fourth-order valence-electron chi connectivity index (χ4n) is 1.66. The van der Waals surface area contributed by atoms with Gasteiger partial charge < -0.3 is 14.9 Å². The Hall–Kier alpha value is -1.91. The molecule has 4 nitrogen and oxygen atoms in total. The minimum absolute atomic E-state index is 0.134. The maximum Gasteiger partial charge on any atom is 0.197 e. The first-order valence-corrected chi connectivity index (χ1v) is 4.71. The number of carbonyl (C=O) groups is 1. The lowest BCUT2D eigenvalue weighted by atomic mass is 9.90. The average Bonchev–Trinajstić information content (AvgIpc) is 2.57. The van der Waals surface area contributed by atoms with E-state index in [9.17, 15) is 4.79 Å². The second-order valence-electron chi connectivity index (χ2n) is 3.46. The van der Waals surface area contributed by atoms with Crippen LogP contribution in [0.3, 0.4) is 0 Å². The molecule has 0 aliphatic rings. The zero-order chi connectivity index (χ0) is 11.9. The molecule has 2 radical (unpaired) electrons. The Morgan fingerprint density at radius 3 is 2.75 bits per heavy atom. The molecule has 2 rings (SSSR count). The van der Waals surface area contributed by atoms with Crippen LogP contribution >= 0.6 is 0 Å². The van der Waals surface area contributed by atoms with Crippen molar-refractivity contribution < 1.29 is 13.9 Å². The van der Waals surface area contributed by atoms with Gasteiger partial charge in [0.05, 0.1) is 12.8 Å². The van der Waals surface area contributed by atoms with Crippen molar-refractivity contribution in [1.29, 1.82) is 0 Å². The molecule has 0 aliphatic carbocycles. The highest BCUT2D eigenvalue weighted by Crippen LogP contribution is 2.29. The number of hydrogen-bond acceptors (Lipinski definition) is 4. The van der Waals surface area contributed by atoms with E-state index in [1.165, 1.54) is 14.0 Å². The Kier molecular flexibility index (Phi) is 2.38. The SMILES string of the molecule is [B]c1c(OC)ccc2oc(C(C)=O)c(N)c12. The van der Waals surface area contributed by atoms with Crippen molar-refractivity contribution in [1.82, 2.24) is 0 Å². The Bertz CT molecular complexity index is 574. The number of benzene rings is 1. The Morgan fingerprint density at radius 1 is 1.50 bits per heavy atom. The van der Waals surface area contributed by atoms with E-state index in [2.05, 4.69) is 0 Å². The van der Waals surface area contributed by atoms with Gasteiger partial charge in [-0.05, 0) is 17.6 Å². The highest BCUT2D eigenvalue weighted by Gasteiger charge is 2.17. The summed E-state index contributed by atoms with van der Waals surface area (Å²) >= 11 is 0. The van der Waals surface area contributed by atoms with Crippen molar-refractivity contribution in [3.63, 3.8) is 0 Å². The Morgan fingerprint density at radius 2 is 2.19 bits per heavy atom. The number of rotatable bonds is 2. The van der Waals surface area contributed by atoms with E-state index in [1.807, 2.05) is 0 Å². The van der Waals surface area contributed by atoms with Gasteiger partial charge in [-0.2, -0.15) is 0 Å². The minimum Gasteiger partial charge on any atom is -0.497 e. The average molecular weight is 215 g/mol. The molecule has 80 valence electrons. The predicted molar refractivity (Wildman–Crippen MR) is 62.6 cm³/mol. The zero-order valence-corrected chi connectivity index (χ0v) is 9.03. The van der Waals surface area contributed by atoms with Crippen LogP contribution in [0.2, 0.25) is 0 Å². The maximum absolute atomic E-state index is 11.3. The molecule has 0 bridgehead atoms. The molecule has 0 spiro atoms. The van der Waals surface area contributed by atoms with Crippen LogP contribution in [0.15, 0.2) is 16.5 Å². The monoisotopic (exact) mass is 215 g/mol. The number of carbonyl (C=O) groups excluding carboxylic acids is 1. The second kappa shape index (κ2) is 3.59. The van der Waals surface area contributed by atoms with Gasteiger partial charge in [0.2, 0.25) is 0 Å². The van der Waals surface area contributed by atoms with Crippen molar-refractivity contribution >= 4 is 35.7 Å². The molecule has 0 fully saturated rings. The lowest BCUT2D eigenvalue weighted by Gasteiger charge is -2.05. The van der Waals surface area contributed by atoms with E-state index in [-0.39, 0.29) is 17.2 Å². The molecule has 0 saturated carbocycles. The van der Waals surface area contributed by atoms with E-state index in [1.54, 1.807) is 12.1 Å². The van der Waals surface area contributed by atoms with Gasteiger partial charge in [-0.3, -0.25) is 4.79 Å². The molecule has 0 saturated heterocycles. The van der Waals surface area contributed by atoms with Crippen LogP contribution in [0.1, 0.15) is 17.5 Å². The first-order chi connectivity index (χ1) is 7.56. The predicted octanol–water partition coefficient (Wildman–Crippen LogP) is 1.02. The summed E-state index contributed by atoms with van der Waals surface area (Å²) in [4.78, 5) is 11.3. The maximum atomic E-state index is 11.3. The number of hydrogen-bond donors (Lipinski definition) is 1. The van der Waals surface area contributed by atoms with Crippen LogP contribution in [0.5, 0.6) is 5.75 Å². The molecule has 2 aromatic rings. The number of ketones is 1. The van der Waals surface area contributed by atoms with Gasteiger partial charge in [-0.1, -0.05) is 0 Å². The van der Waals surface area contributed by atoms with E-state index < -0.39 is 0 Å². The lowest BCUT2D eigenvalue weighted by Crippen LogP contribution is -2.09. The number of nitrogen functional groups attached to an aromatic ring is 1. The first-order valence-electron chi connectivity index (χ1n) is 4.71. The van der Waals surface area contributed by atoms with Crippen molar-refractivity contribution in [3.8, 4) is 5.75 Å². The minimum atomic E-state index is -0.230. The molecule has 0 atom stereocenters. The molecule has 1 aromatic carbocycles. The normalized spacial score (nSPS) is 10.6. The van der Waals surface area contributed by atoms with E-state index in [0.717, 1.165) is 0 Å². The fourth-order valence-corrected chi connectivity index (χ4v) is 1.66. The number of Topliss-reactive ketones (excluding diaryl/α,β-unsaturated/α-hetero) is 1. The zero-order valence-electron chi connectivity index (χ0n) is 9.03. The van der Waals surface area contributed by atoms with Crippen LogP contribution in [0.4, 0.5) is 5.69 Å². The number of anilines is 1. The smallest absolute Gasteiger partial charge is 0.197 e. The van der Waals surface area contributed by atoms with Crippen molar-refractivity contribution in [2.75, 3.05) is 12.8 Å². The van der Waals surface area contributed by atoms with E-state index >= 15 is 0 Å². The number of methoxy groups -OCH3 is 1. The molecule has 5 heteroatoms. The van der Waals surface area contributed by atoms with E-state index in [0.29, 0.717) is 22.2 Å². The molecular formula is C11H10BNO3. The second-order valence-corrected chi connectivity index (χ2v) is 3.46. The van der Waals surface area contributed by atoms with Crippen LogP contribution in [0.25, 0.3) is 11.0 Å². The van der Waals surface area contributed by atoms with Crippen LogP contribution in [-0.2, 0) is 0 Å². The van der Waals surface area contributed by atoms with Gasteiger partial charge in [0, 0.05) is 12.3 Å². The highest BCUT2D eigenvalue weighted by molar-refractivity contribution is 6.42. The molecule has 16 heavy (non-hydrogen) atoms. The number of fused-ring (bicyclic) bond motifs is 1. The summed E-state index contributed by atoms with van der Waals surface area (Å²) in [6.45, 7) is 1.39. The molecular weight excluding hydrogens is 205 g/mol. The number of furan rings is 1. The standard InChI is InChI=1S/C11H10BNO3/c1-5(14)11-10(13)8-6(16-11)3-4-7(15-2)9(8)12/h3-4H,13H2,1-2H3. The molecule has 0 amide bonds. The van der Waals surface area contributed by atoms with Crippen LogP contribution in [0, 0.1) is 0 Å². The van der Waals surface area contributed by atoms with Crippen molar-refractivity contribution in [2.24, 2.45) is 0 Å². The summed E-state index contributed by atoms with van der Waals surface area (Å²) in [5, 5.41) is 0.532. The third-order valence-corrected chi connectivity index (χ3v) is 2.43. The molecule has 1 heterocycles. The summed E-state index contributed by atoms with van der Waals surface area (Å²) in [6.07, 6.45) is 0. The van der Waals surface area contributed by atoms with Crippen LogP contribution < -0.4 is 15.9 Å². The Balaban J connectivity index is 2.83. The molecule has 0 aliphatic heterocycles.